The Bertz CT molecular complexity index is 649. The van der Waals surface area contributed by atoms with E-state index in [9.17, 15) is 9.90 Å². The fraction of sp³-hybridized carbons (Fsp3) is 0.682. The zero-order valence-corrected chi connectivity index (χ0v) is 21.8. The van der Waals surface area contributed by atoms with Gasteiger partial charge in [-0.05, 0) is 0 Å². The molecule has 0 amide bonds. The van der Waals surface area contributed by atoms with Crippen molar-refractivity contribution < 1.29 is 19.1 Å². The molecule has 1 rings (SSSR count). The second-order valence-electron chi connectivity index (χ2n) is 10.1. The number of carbonyl (C=O) groups excluding carboxylic acids is 1. The first-order valence-corrected chi connectivity index (χ1v) is 14.5. The maximum atomic E-state index is 13.2. The molecule has 0 saturated heterocycles. The SMILES string of the molecule is C[C@H](O[Si](C)(C)C(C)(C)C)[C@H](O)[C@@](C)([Se]c1ccccc1)C(=O)OC(C)(C)C. The summed E-state index contributed by atoms with van der Waals surface area (Å²) in [6.07, 6.45) is -1.43. The molecule has 0 aliphatic rings. The van der Waals surface area contributed by atoms with Crippen LogP contribution < -0.4 is 4.46 Å². The minimum atomic E-state index is -2.09. The molecule has 4 nitrogen and oxygen atoms in total. The Morgan fingerprint density at radius 2 is 1.54 bits per heavy atom. The van der Waals surface area contributed by atoms with Crippen molar-refractivity contribution in [2.24, 2.45) is 0 Å². The van der Waals surface area contributed by atoms with Crippen LogP contribution in [0.15, 0.2) is 30.3 Å². The van der Waals surface area contributed by atoms with Gasteiger partial charge in [-0.1, -0.05) is 0 Å². The first-order chi connectivity index (χ1) is 12.5. The minimum absolute atomic E-state index is 0.0217. The van der Waals surface area contributed by atoms with Crippen molar-refractivity contribution in [2.45, 2.75) is 95.6 Å². The number of ether oxygens (including phenoxy) is 1. The monoisotopic (exact) mass is 474 g/mol. The number of aliphatic hydroxyl groups is 1. The van der Waals surface area contributed by atoms with E-state index in [-0.39, 0.29) is 26.0 Å². The van der Waals surface area contributed by atoms with Gasteiger partial charge < -0.3 is 0 Å². The molecule has 0 radical (unpaired) electrons. The second kappa shape index (κ2) is 9.01. The van der Waals surface area contributed by atoms with E-state index in [0.29, 0.717) is 0 Å². The van der Waals surface area contributed by atoms with Gasteiger partial charge in [0, 0.05) is 0 Å². The fourth-order valence-electron chi connectivity index (χ4n) is 2.49. The molecule has 0 fully saturated rings. The van der Waals surface area contributed by atoms with Crippen LogP contribution in [0, 0.1) is 0 Å². The number of esters is 1. The summed E-state index contributed by atoms with van der Waals surface area (Å²) < 4.78 is 12.1. The van der Waals surface area contributed by atoms with Crippen LogP contribution in [0.5, 0.6) is 0 Å². The van der Waals surface area contributed by atoms with E-state index in [1.807, 2.05) is 65.0 Å². The van der Waals surface area contributed by atoms with Crippen LogP contribution in [-0.4, -0.2) is 52.2 Å². The number of carbonyl (C=O) groups is 1. The number of aliphatic hydroxyl groups excluding tert-OH is 1. The van der Waals surface area contributed by atoms with E-state index < -0.39 is 30.4 Å². The molecular weight excluding hydrogens is 435 g/mol. The molecule has 0 bridgehead atoms. The van der Waals surface area contributed by atoms with Gasteiger partial charge in [-0.3, -0.25) is 0 Å². The van der Waals surface area contributed by atoms with Crippen LogP contribution in [0.25, 0.3) is 0 Å². The van der Waals surface area contributed by atoms with Crippen molar-refractivity contribution in [1.29, 1.82) is 0 Å². The van der Waals surface area contributed by atoms with Gasteiger partial charge in [0.15, 0.2) is 0 Å². The molecule has 1 N–H and O–H groups in total. The van der Waals surface area contributed by atoms with E-state index in [1.165, 1.54) is 0 Å². The number of hydrogen-bond acceptors (Lipinski definition) is 4. The van der Waals surface area contributed by atoms with Gasteiger partial charge in [0.1, 0.15) is 0 Å². The third-order valence-corrected chi connectivity index (χ3v) is 12.6. The molecule has 0 aliphatic carbocycles. The summed E-state index contributed by atoms with van der Waals surface area (Å²) in [6, 6.07) is 9.84. The summed E-state index contributed by atoms with van der Waals surface area (Å²) in [5.74, 6) is -0.373. The zero-order chi connectivity index (χ0) is 22.0. The molecule has 0 aliphatic heterocycles. The van der Waals surface area contributed by atoms with E-state index in [2.05, 4.69) is 33.9 Å². The van der Waals surface area contributed by atoms with Crippen LogP contribution in [0.3, 0.4) is 0 Å². The molecule has 0 unspecified atom stereocenters. The molecule has 3 atom stereocenters. The number of hydrogen-bond donors (Lipinski definition) is 1. The van der Waals surface area contributed by atoms with E-state index in [0.717, 1.165) is 4.46 Å². The van der Waals surface area contributed by atoms with Crippen LogP contribution in [-0.2, 0) is 14.0 Å². The molecule has 28 heavy (non-hydrogen) atoms. The summed E-state index contributed by atoms with van der Waals surface area (Å²) in [7, 11) is -2.09. The molecule has 1 aromatic rings. The topological polar surface area (TPSA) is 55.8 Å². The average Bonchev–Trinajstić information content (AvgIpc) is 2.51. The van der Waals surface area contributed by atoms with Gasteiger partial charge in [-0.15, -0.1) is 0 Å². The predicted molar refractivity (Wildman–Crippen MR) is 120 cm³/mol. The standard InChI is InChI=1S/C22H38O4SeSi/c1-16(26-28(9,10)21(5,6)7)18(23)22(8,19(24)25-20(2,3)4)27-17-14-12-11-13-15-17/h11-16,18,23H,1-10H3/t16-,18-,22+/m0/s1. The summed E-state index contributed by atoms with van der Waals surface area (Å²) in [5.41, 5.74) is -0.617. The van der Waals surface area contributed by atoms with Crippen molar-refractivity contribution >= 4 is 33.7 Å². The van der Waals surface area contributed by atoms with E-state index in [4.69, 9.17) is 9.16 Å². The van der Waals surface area contributed by atoms with Crippen molar-refractivity contribution in [3.63, 3.8) is 0 Å². The van der Waals surface area contributed by atoms with Crippen LogP contribution in [0.2, 0.25) is 22.4 Å². The molecule has 0 heterocycles. The van der Waals surface area contributed by atoms with Gasteiger partial charge in [0.25, 0.3) is 0 Å². The summed E-state index contributed by atoms with van der Waals surface area (Å²) >= 11 is -0.318. The zero-order valence-electron chi connectivity index (χ0n) is 19.1. The Labute approximate surface area is 178 Å². The maximum absolute atomic E-state index is 13.2. The van der Waals surface area contributed by atoms with Gasteiger partial charge in [0.2, 0.25) is 0 Å². The number of rotatable bonds is 7. The third kappa shape index (κ3) is 6.70. The first-order valence-electron chi connectivity index (χ1n) is 9.83. The van der Waals surface area contributed by atoms with E-state index in [1.54, 1.807) is 0 Å². The Morgan fingerprint density at radius 3 is 1.96 bits per heavy atom. The first kappa shape index (κ1) is 25.4. The van der Waals surface area contributed by atoms with Crippen molar-refractivity contribution in [2.75, 3.05) is 0 Å². The van der Waals surface area contributed by atoms with Crippen LogP contribution >= 0.6 is 0 Å². The van der Waals surface area contributed by atoms with Crippen molar-refractivity contribution in [3.05, 3.63) is 30.3 Å². The Hall–Kier alpha value is -0.654. The normalized spacial score (nSPS) is 17.5. The molecule has 160 valence electrons. The number of benzene rings is 1. The second-order valence-corrected chi connectivity index (χ2v) is 18.0. The molecule has 0 spiro atoms. The Kier molecular flexibility index (Phi) is 8.17. The van der Waals surface area contributed by atoms with Crippen molar-refractivity contribution in [3.8, 4) is 0 Å². The van der Waals surface area contributed by atoms with Crippen LogP contribution in [0.1, 0.15) is 55.4 Å². The molecule has 1 aromatic carbocycles. The summed E-state index contributed by atoms with van der Waals surface area (Å²) in [4.78, 5) is 13.2. The van der Waals surface area contributed by atoms with Gasteiger partial charge >= 0.3 is 179 Å². The van der Waals surface area contributed by atoms with E-state index >= 15 is 0 Å². The van der Waals surface area contributed by atoms with Crippen LogP contribution in [0.4, 0.5) is 0 Å². The summed E-state index contributed by atoms with van der Waals surface area (Å²) in [5, 5.41) is 11.3. The quantitative estimate of drug-likeness (QED) is 0.474. The predicted octanol–water partition coefficient (Wildman–Crippen LogP) is 4.31. The average molecular weight is 474 g/mol. The van der Waals surface area contributed by atoms with Gasteiger partial charge in [-0.2, -0.15) is 0 Å². The molecule has 6 heteroatoms. The van der Waals surface area contributed by atoms with Gasteiger partial charge in [0.05, 0.1) is 0 Å². The molecular formula is C22H38O4SeSi. The fourth-order valence-corrected chi connectivity index (χ4v) is 6.46. The van der Waals surface area contributed by atoms with Crippen molar-refractivity contribution in [1.82, 2.24) is 0 Å². The Morgan fingerprint density at radius 1 is 1.04 bits per heavy atom. The third-order valence-electron chi connectivity index (χ3n) is 5.17. The summed E-state index contributed by atoms with van der Waals surface area (Å²) in [6.45, 7) is 20.0. The molecule has 0 aromatic heterocycles. The Balaban J connectivity index is 3.20. The molecule has 0 saturated carbocycles. The van der Waals surface area contributed by atoms with Gasteiger partial charge in [-0.25, -0.2) is 0 Å².